The van der Waals surface area contributed by atoms with E-state index in [0.29, 0.717) is 28.9 Å². The van der Waals surface area contributed by atoms with Crippen LogP contribution in [0, 0.1) is 0 Å². The summed E-state index contributed by atoms with van der Waals surface area (Å²) in [5.74, 6) is 1.57. The van der Waals surface area contributed by atoms with Gasteiger partial charge in [-0.25, -0.2) is 9.97 Å². The van der Waals surface area contributed by atoms with E-state index >= 15 is 0 Å². The highest BCUT2D eigenvalue weighted by molar-refractivity contribution is 5.96. The van der Waals surface area contributed by atoms with Gasteiger partial charge in [-0.15, -0.1) is 0 Å². The van der Waals surface area contributed by atoms with Crippen molar-refractivity contribution in [3.8, 4) is 34.5 Å². The molecule has 0 bridgehead atoms. The Bertz CT molecular complexity index is 1270. The second-order valence-corrected chi connectivity index (χ2v) is 6.28. The molecule has 5 aromatic rings. The summed E-state index contributed by atoms with van der Waals surface area (Å²) in [6.45, 7) is 0. The maximum Gasteiger partial charge on any atom is 0.228 e. The quantitative estimate of drug-likeness (QED) is 0.470. The average molecular weight is 380 g/mol. The van der Waals surface area contributed by atoms with E-state index in [1.54, 1.807) is 24.2 Å². The molecule has 0 saturated heterocycles. The summed E-state index contributed by atoms with van der Waals surface area (Å²) in [5.41, 5.74) is 2.94. The van der Waals surface area contributed by atoms with E-state index in [9.17, 15) is 0 Å². The zero-order valence-electron chi connectivity index (χ0n) is 15.6. The molecule has 0 spiro atoms. The predicted octanol–water partition coefficient (Wildman–Crippen LogP) is 3.95. The molecule has 29 heavy (non-hydrogen) atoms. The first-order valence-electron chi connectivity index (χ1n) is 9.08. The summed E-state index contributed by atoms with van der Waals surface area (Å²) in [7, 11) is 1.59. The van der Waals surface area contributed by atoms with Crippen molar-refractivity contribution in [2.75, 3.05) is 7.11 Å². The molecule has 0 fully saturated rings. The van der Waals surface area contributed by atoms with E-state index in [-0.39, 0.29) is 0 Å². The van der Waals surface area contributed by atoms with E-state index in [1.807, 2.05) is 66.7 Å². The van der Waals surface area contributed by atoms with E-state index in [2.05, 4.69) is 15.0 Å². The Morgan fingerprint density at radius 2 is 1.55 bits per heavy atom. The van der Waals surface area contributed by atoms with Gasteiger partial charge in [0.1, 0.15) is 16.8 Å². The third kappa shape index (κ3) is 2.98. The minimum Gasteiger partial charge on any atom is -0.480 e. The largest absolute Gasteiger partial charge is 0.480 e. The molecule has 0 saturated carbocycles. The van der Waals surface area contributed by atoms with Crippen LogP contribution in [0.5, 0.6) is 5.88 Å². The van der Waals surface area contributed by atoms with Crippen LogP contribution < -0.4 is 4.74 Å². The molecule has 4 aromatic heterocycles. The predicted molar refractivity (Wildman–Crippen MR) is 110 cm³/mol. The minimum atomic E-state index is 0.441. The Morgan fingerprint density at radius 1 is 0.793 bits per heavy atom. The lowest BCUT2D eigenvalue weighted by Gasteiger charge is -2.06. The number of fused-ring (bicyclic) bond motifs is 1. The lowest BCUT2D eigenvalue weighted by molar-refractivity contribution is 0.403. The highest BCUT2D eigenvalue weighted by Crippen LogP contribution is 2.35. The molecule has 0 aliphatic heterocycles. The van der Waals surface area contributed by atoms with E-state index in [4.69, 9.17) is 14.8 Å². The third-order valence-electron chi connectivity index (χ3n) is 4.50. The summed E-state index contributed by atoms with van der Waals surface area (Å²) in [5, 5.41) is 5.55. The van der Waals surface area contributed by atoms with Gasteiger partial charge in [-0.3, -0.25) is 4.98 Å². The highest BCUT2D eigenvalue weighted by atomic mass is 16.5. The van der Waals surface area contributed by atoms with Crippen molar-refractivity contribution in [1.29, 1.82) is 0 Å². The Kier molecular flexibility index (Phi) is 4.18. The van der Waals surface area contributed by atoms with Crippen LogP contribution in [-0.2, 0) is 0 Å². The molecule has 4 heterocycles. The Hall–Kier alpha value is -4.13. The number of ether oxygens (including phenoxy) is 1. The Balaban J connectivity index is 1.86. The fraction of sp³-hybridized carbons (Fsp3) is 0.0455. The van der Waals surface area contributed by atoms with Gasteiger partial charge >= 0.3 is 0 Å². The van der Waals surface area contributed by atoms with Crippen molar-refractivity contribution in [3.63, 3.8) is 0 Å². The summed E-state index contributed by atoms with van der Waals surface area (Å²) < 4.78 is 7.36. The number of benzene rings is 1. The lowest BCUT2D eigenvalue weighted by Crippen LogP contribution is -2.02. The summed E-state index contributed by atoms with van der Waals surface area (Å²) in [4.78, 5) is 18.2. The number of nitrogens with zero attached hydrogens (tertiary/aromatic N) is 6. The van der Waals surface area contributed by atoms with Gasteiger partial charge in [0.25, 0.3) is 0 Å². The van der Waals surface area contributed by atoms with E-state index < -0.39 is 0 Å². The van der Waals surface area contributed by atoms with Crippen molar-refractivity contribution in [3.05, 3.63) is 79.1 Å². The van der Waals surface area contributed by atoms with Gasteiger partial charge in [-0.05, 0) is 24.3 Å². The van der Waals surface area contributed by atoms with Crippen molar-refractivity contribution >= 4 is 11.0 Å². The number of pyridine rings is 2. The van der Waals surface area contributed by atoms with Crippen LogP contribution in [0.15, 0.2) is 79.1 Å². The normalized spacial score (nSPS) is 10.9. The van der Waals surface area contributed by atoms with Crippen molar-refractivity contribution in [2.45, 2.75) is 0 Å². The van der Waals surface area contributed by atoms with Gasteiger partial charge in [0, 0.05) is 18.0 Å². The molecule has 0 atom stereocenters. The maximum absolute atomic E-state index is 5.65. The molecule has 7 heteroatoms. The molecule has 1 aromatic carbocycles. The second kappa shape index (κ2) is 7.12. The lowest BCUT2D eigenvalue weighted by atomic mass is 10.1. The van der Waals surface area contributed by atoms with Crippen LogP contribution >= 0.6 is 0 Å². The first-order valence-corrected chi connectivity index (χ1v) is 9.08. The monoisotopic (exact) mass is 380 g/mol. The van der Waals surface area contributed by atoms with Crippen LogP contribution in [0.2, 0.25) is 0 Å². The van der Waals surface area contributed by atoms with Crippen molar-refractivity contribution in [1.82, 2.24) is 29.7 Å². The molecular formula is C22H16N6O. The third-order valence-corrected chi connectivity index (χ3v) is 4.50. The molecule has 0 amide bonds. The number of aromatic nitrogens is 6. The number of rotatable bonds is 4. The van der Waals surface area contributed by atoms with Gasteiger partial charge < -0.3 is 4.74 Å². The minimum absolute atomic E-state index is 0.441. The van der Waals surface area contributed by atoms with E-state index in [1.165, 1.54) is 0 Å². The topological polar surface area (TPSA) is 78.6 Å². The summed E-state index contributed by atoms with van der Waals surface area (Å²) in [6, 6.07) is 21.2. The summed E-state index contributed by atoms with van der Waals surface area (Å²) in [6.07, 6.45) is 3.43. The smallest absolute Gasteiger partial charge is 0.228 e. The SMILES string of the molecule is COc1nc(-c2ccccn2)nc2c1c(-c1ccccc1)nn2-c1ccccn1. The van der Waals surface area contributed by atoms with Crippen LogP contribution in [0.25, 0.3) is 39.6 Å². The van der Waals surface area contributed by atoms with Gasteiger partial charge in [0.05, 0.1) is 7.11 Å². The molecule has 0 aliphatic carbocycles. The fourth-order valence-corrected chi connectivity index (χ4v) is 3.18. The van der Waals surface area contributed by atoms with Crippen LogP contribution in [-0.4, -0.2) is 36.8 Å². The molecule has 0 aliphatic rings. The van der Waals surface area contributed by atoms with Crippen molar-refractivity contribution < 1.29 is 4.74 Å². The maximum atomic E-state index is 5.65. The molecule has 7 nitrogen and oxygen atoms in total. The molecule has 140 valence electrons. The van der Waals surface area contributed by atoms with Crippen LogP contribution in [0.1, 0.15) is 0 Å². The molecule has 0 radical (unpaired) electrons. The number of hydrogen-bond donors (Lipinski definition) is 0. The Labute approximate surface area is 166 Å². The molecule has 0 unspecified atom stereocenters. The van der Waals surface area contributed by atoms with Crippen LogP contribution in [0.3, 0.4) is 0 Å². The highest BCUT2D eigenvalue weighted by Gasteiger charge is 2.22. The van der Waals surface area contributed by atoms with Gasteiger partial charge in [0.2, 0.25) is 5.88 Å². The van der Waals surface area contributed by atoms with Gasteiger partial charge in [0.15, 0.2) is 17.3 Å². The zero-order chi connectivity index (χ0) is 19.6. The molecular weight excluding hydrogens is 364 g/mol. The molecule has 0 N–H and O–H groups in total. The number of hydrogen-bond acceptors (Lipinski definition) is 6. The zero-order valence-corrected chi connectivity index (χ0v) is 15.6. The summed E-state index contributed by atoms with van der Waals surface area (Å²) >= 11 is 0. The van der Waals surface area contributed by atoms with Crippen LogP contribution in [0.4, 0.5) is 0 Å². The van der Waals surface area contributed by atoms with Crippen molar-refractivity contribution in [2.24, 2.45) is 0 Å². The van der Waals surface area contributed by atoms with Gasteiger partial charge in [-0.2, -0.15) is 14.8 Å². The number of methoxy groups -OCH3 is 1. The standard InChI is InChI=1S/C22H16N6O/c1-29-22-18-19(15-9-3-2-4-10-15)27-28(17-12-6-8-14-24-17)21(18)25-20(26-22)16-11-5-7-13-23-16/h2-14H,1H3. The van der Waals surface area contributed by atoms with Gasteiger partial charge in [-0.1, -0.05) is 42.5 Å². The average Bonchev–Trinajstić information content (AvgIpc) is 3.20. The molecule has 5 rings (SSSR count). The Morgan fingerprint density at radius 3 is 2.24 bits per heavy atom. The first-order chi connectivity index (χ1) is 14.3. The fourth-order valence-electron chi connectivity index (χ4n) is 3.18. The first kappa shape index (κ1) is 17.0. The van der Waals surface area contributed by atoms with E-state index in [0.717, 1.165) is 16.6 Å². The second-order valence-electron chi connectivity index (χ2n) is 6.28.